The molecule has 0 radical (unpaired) electrons. The molecule has 1 amide bonds. The molecule has 0 fully saturated rings. The molecule has 0 aliphatic rings. The van der Waals surface area contributed by atoms with Gasteiger partial charge in [-0.1, -0.05) is 11.6 Å². The van der Waals surface area contributed by atoms with Crippen molar-refractivity contribution in [3.05, 3.63) is 29.0 Å². The summed E-state index contributed by atoms with van der Waals surface area (Å²) in [6.45, 7) is 1.93. The SMILES string of the molecule is CN(C)CCNC(=O)CCNc1ccc(F)c(Cl)c1. The molecule has 19 heavy (non-hydrogen) atoms. The second-order valence-electron chi connectivity index (χ2n) is 4.46. The molecule has 0 saturated heterocycles. The summed E-state index contributed by atoms with van der Waals surface area (Å²) in [6.07, 6.45) is 0.364. The van der Waals surface area contributed by atoms with Crippen LogP contribution in [0.25, 0.3) is 0 Å². The van der Waals surface area contributed by atoms with Crippen molar-refractivity contribution in [1.29, 1.82) is 0 Å². The molecule has 0 aliphatic carbocycles. The molecule has 0 atom stereocenters. The Hall–Kier alpha value is -1.33. The predicted octanol–water partition coefficient (Wildman–Crippen LogP) is 1.96. The fourth-order valence-electron chi connectivity index (χ4n) is 1.43. The molecular formula is C13H19ClFN3O. The van der Waals surface area contributed by atoms with Crippen LogP contribution in [0.5, 0.6) is 0 Å². The van der Waals surface area contributed by atoms with Crippen LogP contribution in [0.15, 0.2) is 18.2 Å². The number of likely N-dealkylation sites (N-methyl/N-ethyl adjacent to an activating group) is 1. The summed E-state index contributed by atoms with van der Waals surface area (Å²) in [5.74, 6) is -0.462. The minimum absolute atomic E-state index is 0.0115. The number of carbonyl (C=O) groups excluding carboxylic acids is 1. The Labute approximate surface area is 117 Å². The first kappa shape index (κ1) is 15.7. The van der Waals surface area contributed by atoms with Crippen LogP contribution in [0.2, 0.25) is 5.02 Å². The lowest BCUT2D eigenvalue weighted by molar-refractivity contribution is -0.120. The van der Waals surface area contributed by atoms with E-state index in [9.17, 15) is 9.18 Å². The third kappa shape index (κ3) is 6.40. The van der Waals surface area contributed by atoms with E-state index in [1.807, 2.05) is 19.0 Å². The molecule has 0 aliphatic heterocycles. The van der Waals surface area contributed by atoms with Crippen LogP contribution in [0.1, 0.15) is 6.42 Å². The highest BCUT2D eigenvalue weighted by molar-refractivity contribution is 6.31. The molecule has 0 saturated carbocycles. The van der Waals surface area contributed by atoms with Gasteiger partial charge in [-0.25, -0.2) is 4.39 Å². The quantitative estimate of drug-likeness (QED) is 0.806. The van der Waals surface area contributed by atoms with Crippen molar-refractivity contribution >= 4 is 23.2 Å². The van der Waals surface area contributed by atoms with Gasteiger partial charge in [0.1, 0.15) is 5.82 Å². The van der Waals surface area contributed by atoms with Crippen LogP contribution in [-0.2, 0) is 4.79 Å². The van der Waals surface area contributed by atoms with E-state index >= 15 is 0 Å². The number of nitrogens with one attached hydrogen (secondary N) is 2. The first-order valence-electron chi connectivity index (χ1n) is 6.09. The van der Waals surface area contributed by atoms with Gasteiger partial charge in [0.15, 0.2) is 0 Å². The van der Waals surface area contributed by atoms with Gasteiger partial charge in [0.2, 0.25) is 5.91 Å². The lowest BCUT2D eigenvalue weighted by Crippen LogP contribution is -2.32. The minimum atomic E-state index is -0.450. The maximum atomic E-state index is 12.9. The lowest BCUT2D eigenvalue weighted by atomic mass is 10.3. The normalized spacial score (nSPS) is 10.6. The zero-order valence-electron chi connectivity index (χ0n) is 11.2. The molecule has 106 valence electrons. The van der Waals surface area contributed by atoms with Crippen LogP contribution >= 0.6 is 11.6 Å². The zero-order chi connectivity index (χ0) is 14.3. The number of hydrogen-bond acceptors (Lipinski definition) is 3. The first-order valence-corrected chi connectivity index (χ1v) is 6.47. The summed E-state index contributed by atoms with van der Waals surface area (Å²) >= 11 is 5.65. The average molecular weight is 288 g/mol. The van der Waals surface area contributed by atoms with Crippen molar-refractivity contribution in [2.45, 2.75) is 6.42 Å². The summed E-state index contributed by atoms with van der Waals surface area (Å²) in [5.41, 5.74) is 0.701. The summed E-state index contributed by atoms with van der Waals surface area (Å²) < 4.78 is 12.9. The van der Waals surface area contributed by atoms with Gasteiger partial charge in [-0.3, -0.25) is 4.79 Å². The van der Waals surface area contributed by atoms with Gasteiger partial charge in [-0.15, -0.1) is 0 Å². The second kappa shape index (κ2) is 7.96. The largest absolute Gasteiger partial charge is 0.384 e. The van der Waals surface area contributed by atoms with Crippen molar-refractivity contribution < 1.29 is 9.18 Å². The molecule has 0 aromatic heterocycles. The van der Waals surface area contributed by atoms with E-state index in [1.54, 1.807) is 6.07 Å². The Kier molecular flexibility index (Phi) is 6.59. The van der Waals surface area contributed by atoms with E-state index in [1.165, 1.54) is 12.1 Å². The Morgan fingerprint density at radius 2 is 2.11 bits per heavy atom. The monoisotopic (exact) mass is 287 g/mol. The molecule has 0 unspecified atom stereocenters. The van der Waals surface area contributed by atoms with Crippen LogP contribution in [0, 0.1) is 5.82 Å². The van der Waals surface area contributed by atoms with Gasteiger partial charge in [-0.05, 0) is 32.3 Å². The first-order chi connectivity index (χ1) is 8.99. The average Bonchev–Trinajstić information content (AvgIpc) is 2.33. The van der Waals surface area contributed by atoms with E-state index in [2.05, 4.69) is 10.6 Å². The van der Waals surface area contributed by atoms with Crippen LogP contribution in [-0.4, -0.2) is 44.5 Å². The molecule has 0 spiro atoms. The third-order valence-electron chi connectivity index (χ3n) is 2.48. The highest BCUT2D eigenvalue weighted by atomic mass is 35.5. The van der Waals surface area contributed by atoms with Gasteiger partial charge in [-0.2, -0.15) is 0 Å². The molecule has 1 aromatic carbocycles. The van der Waals surface area contributed by atoms with E-state index in [0.717, 1.165) is 6.54 Å². The van der Waals surface area contributed by atoms with Crippen LogP contribution in [0.3, 0.4) is 0 Å². The Balaban J connectivity index is 2.22. The highest BCUT2D eigenvalue weighted by Gasteiger charge is 2.03. The van der Waals surface area contributed by atoms with Crippen molar-refractivity contribution in [3.63, 3.8) is 0 Å². The smallest absolute Gasteiger partial charge is 0.221 e. The number of halogens is 2. The fraction of sp³-hybridized carbons (Fsp3) is 0.462. The van der Waals surface area contributed by atoms with Crippen molar-refractivity contribution in [2.24, 2.45) is 0 Å². The molecule has 2 N–H and O–H groups in total. The minimum Gasteiger partial charge on any atom is -0.384 e. The molecule has 0 bridgehead atoms. The second-order valence-corrected chi connectivity index (χ2v) is 4.87. The maximum absolute atomic E-state index is 12.9. The molecule has 4 nitrogen and oxygen atoms in total. The molecular weight excluding hydrogens is 269 g/mol. The van der Waals surface area contributed by atoms with Gasteiger partial charge in [0.05, 0.1) is 5.02 Å². The summed E-state index contributed by atoms with van der Waals surface area (Å²) in [7, 11) is 3.90. The topological polar surface area (TPSA) is 44.4 Å². The molecule has 6 heteroatoms. The standard InChI is InChI=1S/C13H19ClFN3O/c1-18(2)8-7-17-13(19)5-6-16-10-3-4-12(15)11(14)9-10/h3-4,9,16H,5-8H2,1-2H3,(H,17,19). The van der Waals surface area contributed by atoms with Crippen LogP contribution in [0.4, 0.5) is 10.1 Å². The van der Waals surface area contributed by atoms with Gasteiger partial charge in [0.25, 0.3) is 0 Å². The van der Waals surface area contributed by atoms with Gasteiger partial charge in [0, 0.05) is 31.7 Å². The maximum Gasteiger partial charge on any atom is 0.221 e. The van der Waals surface area contributed by atoms with E-state index in [4.69, 9.17) is 11.6 Å². The zero-order valence-corrected chi connectivity index (χ0v) is 11.9. The van der Waals surface area contributed by atoms with Crippen molar-refractivity contribution in [1.82, 2.24) is 10.2 Å². The summed E-state index contributed by atoms with van der Waals surface area (Å²) in [4.78, 5) is 13.5. The van der Waals surface area contributed by atoms with E-state index in [-0.39, 0.29) is 10.9 Å². The fourth-order valence-corrected chi connectivity index (χ4v) is 1.61. The number of hydrogen-bond donors (Lipinski definition) is 2. The number of rotatable bonds is 7. The molecule has 1 aromatic rings. The lowest BCUT2D eigenvalue weighted by Gasteiger charge is -2.11. The van der Waals surface area contributed by atoms with Crippen LogP contribution < -0.4 is 10.6 Å². The number of carbonyl (C=O) groups is 1. The van der Waals surface area contributed by atoms with Crippen molar-refractivity contribution in [2.75, 3.05) is 39.0 Å². The molecule has 0 heterocycles. The van der Waals surface area contributed by atoms with Crippen molar-refractivity contribution in [3.8, 4) is 0 Å². The van der Waals surface area contributed by atoms with E-state index in [0.29, 0.717) is 25.2 Å². The van der Waals surface area contributed by atoms with Gasteiger partial charge < -0.3 is 15.5 Å². The molecule has 1 rings (SSSR count). The number of anilines is 1. The third-order valence-corrected chi connectivity index (χ3v) is 2.77. The van der Waals surface area contributed by atoms with E-state index < -0.39 is 5.82 Å². The highest BCUT2D eigenvalue weighted by Crippen LogP contribution is 2.19. The van der Waals surface area contributed by atoms with Gasteiger partial charge >= 0.3 is 0 Å². The predicted molar refractivity (Wildman–Crippen MR) is 76.1 cm³/mol. The number of amides is 1. The summed E-state index contributed by atoms with van der Waals surface area (Å²) in [6, 6.07) is 4.38. The Bertz CT molecular complexity index is 426. The summed E-state index contributed by atoms with van der Waals surface area (Å²) in [5, 5.41) is 5.90. The Morgan fingerprint density at radius 3 is 2.74 bits per heavy atom. The Morgan fingerprint density at radius 1 is 1.37 bits per heavy atom. The number of nitrogens with zero attached hydrogens (tertiary/aromatic N) is 1. The number of benzene rings is 1.